The molecule has 1 aliphatic carbocycles. The van der Waals surface area contributed by atoms with E-state index < -0.39 is 0 Å². The highest BCUT2D eigenvalue weighted by molar-refractivity contribution is 6.03. The summed E-state index contributed by atoms with van der Waals surface area (Å²) in [4.78, 5) is 4.86. The molecular formula is C33H32N2O. The maximum absolute atomic E-state index is 6.05. The number of nitrogens with zero attached hydrogens (tertiary/aromatic N) is 1. The predicted molar refractivity (Wildman–Crippen MR) is 151 cm³/mol. The zero-order valence-corrected chi connectivity index (χ0v) is 20.9. The summed E-state index contributed by atoms with van der Waals surface area (Å²) in [6.07, 6.45) is 8.79. The normalized spacial score (nSPS) is 20.3. The molecule has 1 N–H and O–H groups in total. The number of aryl methyl sites for hydroxylation is 1. The molecule has 4 aromatic rings. The van der Waals surface area contributed by atoms with Crippen LogP contribution in [0.15, 0.2) is 96.0 Å². The molecule has 6 rings (SSSR count). The molecule has 3 nitrogen and oxygen atoms in total. The second kappa shape index (κ2) is 9.66. The van der Waals surface area contributed by atoms with E-state index in [0.717, 1.165) is 35.2 Å². The summed E-state index contributed by atoms with van der Waals surface area (Å²) in [5.74, 6) is 1.91. The van der Waals surface area contributed by atoms with Crippen LogP contribution in [0.5, 0.6) is 5.75 Å². The maximum Gasteiger partial charge on any atom is 0.128 e. The molecule has 1 heterocycles. The zero-order valence-electron chi connectivity index (χ0n) is 20.9. The van der Waals surface area contributed by atoms with Crippen molar-refractivity contribution in [3.63, 3.8) is 0 Å². The van der Waals surface area contributed by atoms with Crippen LogP contribution in [0.2, 0.25) is 0 Å². The van der Waals surface area contributed by atoms with Crippen LogP contribution >= 0.6 is 0 Å². The summed E-state index contributed by atoms with van der Waals surface area (Å²) in [6.45, 7) is 5.00. The molecule has 2 aliphatic rings. The van der Waals surface area contributed by atoms with Crippen LogP contribution in [-0.2, 0) is 0 Å². The highest BCUT2D eigenvalue weighted by Gasteiger charge is 2.37. The Hall–Kier alpha value is -3.85. The molecule has 0 bridgehead atoms. The molecule has 0 saturated carbocycles. The number of fused-ring (bicyclic) bond motifs is 4. The van der Waals surface area contributed by atoms with Crippen molar-refractivity contribution in [2.24, 2.45) is 10.9 Å². The third-order valence-corrected chi connectivity index (χ3v) is 7.51. The first-order valence-electron chi connectivity index (χ1n) is 13.0. The van der Waals surface area contributed by atoms with E-state index in [2.05, 4.69) is 110 Å². The van der Waals surface area contributed by atoms with Gasteiger partial charge in [0, 0.05) is 23.4 Å². The first-order valence-corrected chi connectivity index (χ1v) is 13.0. The van der Waals surface area contributed by atoms with Crippen molar-refractivity contribution in [1.29, 1.82) is 0 Å². The second-order valence-corrected chi connectivity index (χ2v) is 9.96. The van der Waals surface area contributed by atoms with Crippen LogP contribution in [-0.4, -0.2) is 12.8 Å². The predicted octanol–water partition coefficient (Wildman–Crippen LogP) is 8.51. The minimum Gasteiger partial charge on any atom is -0.493 e. The van der Waals surface area contributed by atoms with E-state index in [9.17, 15) is 0 Å². The Morgan fingerprint density at radius 1 is 1.00 bits per heavy atom. The third-order valence-electron chi connectivity index (χ3n) is 7.51. The SMILES string of the molecule is CCCOc1ccc2ccccc2c1C=Nc1ccc([C@@H]2Nc3ccc(C)cc3[C@H]3C=CC[C@H]32)cc1. The molecule has 0 amide bonds. The average molecular weight is 473 g/mol. The van der Waals surface area contributed by atoms with Gasteiger partial charge in [0.2, 0.25) is 0 Å². The van der Waals surface area contributed by atoms with Crippen molar-refractivity contribution >= 4 is 28.4 Å². The van der Waals surface area contributed by atoms with Crippen molar-refractivity contribution in [3.8, 4) is 5.75 Å². The molecule has 0 spiro atoms. The van der Waals surface area contributed by atoms with E-state index in [1.54, 1.807) is 0 Å². The molecule has 0 saturated heterocycles. The summed E-state index contributed by atoms with van der Waals surface area (Å²) < 4.78 is 6.05. The van der Waals surface area contributed by atoms with Gasteiger partial charge in [0.15, 0.2) is 0 Å². The highest BCUT2D eigenvalue weighted by Crippen LogP contribution is 2.50. The Balaban J connectivity index is 1.28. The van der Waals surface area contributed by atoms with Crippen molar-refractivity contribution in [1.82, 2.24) is 0 Å². The molecule has 1 aliphatic heterocycles. The summed E-state index contributed by atoms with van der Waals surface area (Å²) in [5.41, 5.74) is 7.31. The van der Waals surface area contributed by atoms with Gasteiger partial charge in [0.05, 0.1) is 18.3 Å². The van der Waals surface area contributed by atoms with E-state index in [1.165, 1.54) is 27.8 Å². The van der Waals surface area contributed by atoms with Gasteiger partial charge in [-0.15, -0.1) is 0 Å². The summed E-state index contributed by atoms with van der Waals surface area (Å²) in [6, 6.07) is 28.4. The van der Waals surface area contributed by atoms with Gasteiger partial charge in [-0.1, -0.05) is 79.2 Å². The Morgan fingerprint density at radius 3 is 2.72 bits per heavy atom. The zero-order chi connectivity index (χ0) is 24.5. The van der Waals surface area contributed by atoms with Gasteiger partial charge in [-0.3, -0.25) is 4.99 Å². The summed E-state index contributed by atoms with van der Waals surface area (Å²) >= 11 is 0. The van der Waals surface area contributed by atoms with Crippen LogP contribution in [0.3, 0.4) is 0 Å². The fourth-order valence-electron chi connectivity index (χ4n) is 5.70. The van der Waals surface area contributed by atoms with E-state index in [1.807, 2.05) is 6.21 Å². The van der Waals surface area contributed by atoms with Gasteiger partial charge in [0.25, 0.3) is 0 Å². The molecule has 0 fully saturated rings. The highest BCUT2D eigenvalue weighted by atomic mass is 16.5. The summed E-state index contributed by atoms with van der Waals surface area (Å²) in [5, 5.41) is 6.19. The van der Waals surface area contributed by atoms with Crippen LogP contribution in [0.25, 0.3) is 10.8 Å². The molecule has 180 valence electrons. The number of benzene rings is 4. The number of allylic oxidation sites excluding steroid dienone is 2. The first-order chi connectivity index (χ1) is 17.7. The molecule has 0 aromatic heterocycles. The number of aliphatic imine (C=N–C) groups is 1. The largest absolute Gasteiger partial charge is 0.493 e. The van der Waals surface area contributed by atoms with Gasteiger partial charge < -0.3 is 10.1 Å². The molecule has 0 unspecified atom stereocenters. The lowest BCUT2D eigenvalue weighted by Gasteiger charge is -2.37. The Kier molecular flexibility index (Phi) is 6.06. The first kappa shape index (κ1) is 22.6. The van der Waals surface area contributed by atoms with Crippen LogP contribution in [0.1, 0.15) is 54.0 Å². The van der Waals surface area contributed by atoms with Crippen molar-refractivity contribution in [3.05, 3.63) is 113 Å². The quantitative estimate of drug-likeness (QED) is 0.225. The second-order valence-electron chi connectivity index (χ2n) is 9.96. The average Bonchev–Trinajstić information content (AvgIpc) is 3.41. The molecule has 3 atom stereocenters. The fraction of sp³-hybridized carbons (Fsp3) is 0.242. The number of ether oxygens (including phenoxy) is 1. The number of rotatable bonds is 6. The van der Waals surface area contributed by atoms with Gasteiger partial charge >= 0.3 is 0 Å². The van der Waals surface area contributed by atoms with Gasteiger partial charge in [0.1, 0.15) is 5.75 Å². The Morgan fingerprint density at radius 2 is 1.86 bits per heavy atom. The molecule has 4 aromatic carbocycles. The molecular weight excluding hydrogens is 440 g/mol. The minimum atomic E-state index is 0.297. The lowest BCUT2D eigenvalue weighted by molar-refractivity contribution is 0.317. The van der Waals surface area contributed by atoms with Crippen LogP contribution in [0.4, 0.5) is 11.4 Å². The fourth-order valence-corrected chi connectivity index (χ4v) is 5.70. The van der Waals surface area contributed by atoms with Crippen LogP contribution < -0.4 is 10.1 Å². The maximum atomic E-state index is 6.05. The van der Waals surface area contributed by atoms with Crippen LogP contribution in [0, 0.1) is 12.8 Å². The standard InChI is InChI=1S/C33H32N2O/c1-3-19-36-32-18-14-23-7-4-5-8-26(23)30(32)21-34-25-15-12-24(13-16-25)33-28-10-6-9-27(28)29-20-22(2)11-17-31(29)35-33/h4-9,11-18,20-21,27-28,33,35H,3,10,19H2,1-2H3/t27-,28+,33-/m0/s1. The number of hydrogen-bond donors (Lipinski definition) is 1. The number of anilines is 1. The van der Waals surface area contributed by atoms with Crippen molar-refractivity contribution in [2.75, 3.05) is 11.9 Å². The lowest BCUT2D eigenvalue weighted by atomic mass is 9.76. The van der Waals surface area contributed by atoms with E-state index in [-0.39, 0.29) is 0 Å². The molecule has 0 radical (unpaired) electrons. The lowest BCUT2D eigenvalue weighted by Crippen LogP contribution is -2.29. The monoisotopic (exact) mass is 472 g/mol. The van der Waals surface area contributed by atoms with Gasteiger partial charge in [-0.25, -0.2) is 0 Å². The molecule has 3 heteroatoms. The van der Waals surface area contributed by atoms with E-state index in [4.69, 9.17) is 9.73 Å². The molecule has 36 heavy (non-hydrogen) atoms. The summed E-state index contributed by atoms with van der Waals surface area (Å²) in [7, 11) is 0. The van der Waals surface area contributed by atoms with E-state index >= 15 is 0 Å². The van der Waals surface area contributed by atoms with Crippen molar-refractivity contribution in [2.45, 2.75) is 38.6 Å². The van der Waals surface area contributed by atoms with E-state index in [0.29, 0.717) is 24.5 Å². The minimum absolute atomic E-state index is 0.297. The topological polar surface area (TPSA) is 33.6 Å². The smallest absolute Gasteiger partial charge is 0.128 e. The Bertz CT molecular complexity index is 1450. The third kappa shape index (κ3) is 4.19. The number of hydrogen-bond acceptors (Lipinski definition) is 3. The van der Waals surface area contributed by atoms with Crippen molar-refractivity contribution < 1.29 is 4.74 Å². The van der Waals surface area contributed by atoms with Gasteiger partial charge in [-0.2, -0.15) is 0 Å². The van der Waals surface area contributed by atoms with Gasteiger partial charge in [-0.05, 0) is 71.8 Å². The number of nitrogens with one attached hydrogen (secondary N) is 1. The Labute approximate surface area is 213 Å².